The second kappa shape index (κ2) is 6.10. The Hall–Kier alpha value is -1.64. The van der Waals surface area contributed by atoms with E-state index in [0.717, 1.165) is 32.5 Å². The number of primary sulfonamides is 1. The van der Waals surface area contributed by atoms with Crippen molar-refractivity contribution in [2.24, 2.45) is 11.1 Å². The minimum absolute atomic E-state index is 0.00741. The molecule has 2 amide bonds. The number of carbonyl (C=O) groups excluding carboxylic acids is 1. The van der Waals surface area contributed by atoms with Crippen molar-refractivity contribution in [1.29, 1.82) is 0 Å². The summed E-state index contributed by atoms with van der Waals surface area (Å²) in [4.78, 5) is 16.7. The van der Waals surface area contributed by atoms with Crippen molar-refractivity contribution in [2.75, 3.05) is 32.0 Å². The number of likely N-dealkylation sites (N-methyl/N-ethyl adjacent to an activating group) is 1. The van der Waals surface area contributed by atoms with Gasteiger partial charge >= 0.3 is 6.03 Å². The first-order valence-corrected chi connectivity index (χ1v) is 9.28. The average molecular weight is 338 g/mol. The summed E-state index contributed by atoms with van der Waals surface area (Å²) < 4.78 is 22.8. The van der Waals surface area contributed by atoms with Gasteiger partial charge in [0.15, 0.2) is 0 Å². The number of anilines is 1. The molecule has 2 heterocycles. The summed E-state index contributed by atoms with van der Waals surface area (Å²) in [5.74, 6) is 0.563. The SMILES string of the molecule is CN1CC[C@@H]2CCN(C(=O)Nc3cccc(S(N)(=O)=O)c3)[C@@H]2C1. The highest BCUT2D eigenvalue weighted by Crippen LogP contribution is 2.31. The standard InChI is InChI=1S/C15H22N4O3S/c1-18-7-5-11-6-8-19(14(11)10-18)15(20)17-12-3-2-4-13(9-12)23(16,21)22/h2-4,9,11,14H,5-8,10H2,1H3,(H,17,20)(H2,16,21,22)/t11-,14-/m1/s1. The van der Waals surface area contributed by atoms with Gasteiger partial charge in [0.05, 0.1) is 4.90 Å². The number of hydrogen-bond donors (Lipinski definition) is 2. The number of fused-ring (bicyclic) bond motifs is 1. The van der Waals surface area contributed by atoms with Gasteiger partial charge in [-0.25, -0.2) is 18.4 Å². The highest BCUT2D eigenvalue weighted by atomic mass is 32.2. The van der Waals surface area contributed by atoms with Gasteiger partial charge in [-0.15, -0.1) is 0 Å². The van der Waals surface area contributed by atoms with Gasteiger partial charge in [0, 0.05) is 24.8 Å². The molecule has 3 N–H and O–H groups in total. The summed E-state index contributed by atoms with van der Waals surface area (Å²) in [5.41, 5.74) is 0.439. The zero-order valence-electron chi connectivity index (χ0n) is 13.1. The number of benzene rings is 1. The summed E-state index contributed by atoms with van der Waals surface area (Å²) in [7, 11) is -1.71. The lowest BCUT2D eigenvalue weighted by atomic mass is 9.92. The Morgan fingerprint density at radius 3 is 2.78 bits per heavy atom. The summed E-state index contributed by atoms with van der Waals surface area (Å²) >= 11 is 0. The molecule has 0 aliphatic carbocycles. The maximum Gasteiger partial charge on any atom is 0.322 e. The fourth-order valence-corrected chi connectivity index (χ4v) is 4.06. The molecule has 0 spiro atoms. The Bertz CT molecular complexity index is 706. The predicted molar refractivity (Wildman–Crippen MR) is 87.5 cm³/mol. The van der Waals surface area contributed by atoms with Gasteiger partial charge in [-0.2, -0.15) is 0 Å². The molecule has 0 saturated carbocycles. The zero-order chi connectivity index (χ0) is 16.6. The number of sulfonamides is 1. The third kappa shape index (κ3) is 3.49. The third-order valence-electron chi connectivity index (χ3n) is 4.74. The molecule has 2 saturated heterocycles. The van der Waals surface area contributed by atoms with Crippen LogP contribution in [-0.4, -0.2) is 57.0 Å². The quantitative estimate of drug-likeness (QED) is 0.837. The Kier molecular flexibility index (Phi) is 4.31. The van der Waals surface area contributed by atoms with Crippen LogP contribution in [0.15, 0.2) is 29.2 Å². The lowest BCUT2D eigenvalue weighted by Crippen LogP contribution is -2.49. The summed E-state index contributed by atoms with van der Waals surface area (Å²) in [6.45, 7) is 2.70. The van der Waals surface area contributed by atoms with Crippen molar-refractivity contribution in [3.63, 3.8) is 0 Å². The number of piperidine rings is 1. The van der Waals surface area contributed by atoms with Crippen molar-refractivity contribution in [1.82, 2.24) is 9.80 Å². The molecule has 1 aromatic carbocycles. The number of rotatable bonds is 2. The van der Waals surface area contributed by atoms with Crippen LogP contribution in [0.1, 0.15) is 12.8 Å². The highest BCUT2D eigenvalue weighted by molar-refractivity contribution is 7.89. The molecule has 23 heavy (non-hydrogen) atoms. The fourth-order valence-electron chi connectivity index (χ4n) is 3.50. The molecular weight excluding hydrogens is 316 g/mol. The van der Waals surface area contributed by atoms with Gasteiger partial charge in [0.1, 0.15) is 0 Å². The van der Waals surface area contributed by atoms with Crippen LogP contribution in [0.4, 0.5) is 10.5 Å². The Morgan fingerprint density at radius 2 is 2.04 bits per heavy atom. The van der Waals surface area contributed by atoms with Gasteiger partial charge in [0.2, 0.25) is 10.0 Å². The van der Waals surface area contributed by atoms with Crippen molar-refractivity contribution in [2.45, 2.75) is 23.8 Å². The molecule has 0 radical (unpaired) electrons. The van der Waals surface area contributed by atoms with E-state index in [1.807, 2.05) is 4.90 Å². The normalized spacial score (nSPS) is 25.2. The molecule has 126 valence electrons. The minimum Gasteiger partial charge on any atom is -0.320 e. The van der Waals surface area contributed by atoms with Gasteiger partial charge < -0.3 is 15.1 Å². The molecular formula is C15H22N4O3S. The summed E-state index contributed by atoms with van der Waals surface area (Å²) in [6, 6.07) is 6.07. The van der Waals surface area contributed by atoms with Crippen LogP contribution >= 0.6 is 0 Å². The first kappa shape index (κ1) is 16.2. The van der Waals surface area contributed by atoms with E-state index < -0.39 is 10.0 Å². The van der Waals surface area contributed by atoms with Gasteiger partial charge in [-0.1, -0.05) is 6.07 Å². The number of amides is 2. The van der Waals surface area contributed by atoms with Crippen molar-refractivity contribution in [3.8, 4) is 0 Å². The first-order chi connectivity index (χ1) is 10.8. The molecule has 2 aliphatic rings. The monoisotopic (exact) mass is 338 g/mol. The maximum atomic E-state index is 12.6. The summed E-state index contributed by atoms with van der Waals surface area (Å²) in [5, 5.41) is 7.92. The first-order valence-electron chi connectivity index (χ1n) is 7.73. The van der Waals surface area contributed by atoms with Crippen molar-refractivity contribution in [3.05, 3.63) is 24.3 Å². The van der Waals surface area contributed by atoms with Gasteiger partial charge in [-0.3, -0.25) is 0 Å². The van der Waals surface area contributed by atoms with E-state index in [1.54, 1.807) is 12.1 Å². The molecule has 0 aromatic heterocycles. The van der Waals surface area contributed by atoms with Crippen molar-refractivity contribution < 1.29 is 13.2 Å². The molecule has 2 aliphatic heterocycles. The fraction of sp³-hybridized carbons (Fsp3) is 0.533. The number of nitrogens with zero attached hydrogens (tertiary/aromatic N) is 2. The van der Waals surface area contributed by atoms with Gasteiger partial charge in [0.25, 0.3) is 0 Å². The second-order valence-corrected chi connectivity index (χ2v) is 7.92. The van der Waals surface area contributed by atoms with E-state index in [-0.39, 0.29) is 17.0 Å². The highest BCUT2D eigenvalue weighted by Gasteiger charge is 2.39. The van der Waals surface area contributed by atoms with Crippen LogP contribution in [0.25, 0.3) is 0 Å². The van der Waals surface area contributed by atoms with E-state index in [0.29, 0.717) is 11.6 Å². The molecule has 3 rings (SSSR count). The number of nitrogens with one attached hydrogen (secondary N) is 1. The lowest BCUT2D eigenvalue weighted by Gasteiger charge is -2.36. The number of urea groups is 1. The van der Waals surface area contributed by atoms with Crippen LogP contribution in [-0.2, 0) is 10.0 Å². The lowest BCUT2D eigenvalue weighted by molar-refractivity contribution is 0.137. The molecule has 7 nitrogen and oxygen atoms in total. The van der Waals surface area contributed by atoms with E-state index in [9.17, 15) is 13.2 Å². The smallest absolute Gasteiger partial charge is 0.320 e. The Labute approximate surface area is 136 Å². The van der Waals surface area contributed by atoms with E-state index >= 15 is 0 Å². The maximum absolute atomic E-state index is 12.6. The van der Waals surface area contributed by atoms with E-state index in [2.05, 4.69) is 17.3 Å². The Morgan fingerprint density at radius 1 is 1.30 bits per heavy atom. The van der Waals surface area contributed by atoms with Crippen LogP contribution < -0.4 is 10.5 Å². The zero-order valence-corrected chi connectivity index (χ0v) is 13.9. The molecule has 2 fully saturated rings. The minimum atomic E-state index is -3.78. The summed E-state index contributed by atoms with van der Waals surface area (Å²) in [6.07, 6.45) is 2.15. The Balaban J connectivity index is 1.72. The number of likely N-dealkylation sites (tertiary alicyclic amines) is 2. The molecule has 0 unspecified atom stereocenters. The number of nitrogens with two attached hydrogens (primary N) is 1. The third-order valence-corrected chi connectivity index (χ3v) is 5.65. The van der Waals surface area contributed by atoms with Crippen molar-refractivity contribution >= 4 is 21.7 Å². The van der Waals surface area contributed by atoms with Crippen LogP contribution in [0.3, 0.4) is 0 Å². The van der Waals surface area contributed by atoms with Gasteiger partial charge in [-0.05, 0) is 50.6 Å². The van der Waals surface area contributed by atoms with E-state index in [1.165, 1.54) is 12.1 Å². The van der Waals surface area contributed by atoms with Crippen LogP contribution in [0, 0.1) is 5.92 Å². The van der Waals surface area contributed by atoms with E-state index in [4.69, 9.17) is 5.14 Å². The topological polar surface area (TPSA) is 95.7 Å². The molecule has 8 heteroatoms. The molecule has 2 atom stereocenters. The molecule has 0 bridgehead atoms. The second-order valence-electron chi connectivity index (χ2n) is 6.36. The number of carbonyl (C=O) groups is 1. The predicted octanol–water partition coefficient (Wildman–Crippen LogP) is 0.892. The van der Waals surface area contributed by atoms with Crippen LogP contribution in [0.2, 0.25) is 0 Å². The number of hydrogen-bond acceptors (Lipinski definition) is 4. The van der Waals surface area contributed by atoms with Crippen LogP contribution in [0.5, 0.6) is 0 Å². The largest absolute Gasteiger partial charge is 0.322 e. The molecule has 1 aromatic rings. The average Bonchev–Trinajstić information content (AvgIpc) is 2.89.